The number of hydrogen-bond donors (Lipinski definition) is 0. The van der Waals surface area contributed by atoms with Gasteiger partial charge in [0.15, 0.2) is 0 Å². The number of fused-ring (bicyclic) bond motifs is 5. The minimum Gasteiger partial charge on any atom is -0.272 e. The van der Waals surface area contributed by atoms with Crippen molar-refractivity contribution in [3.05, 3.63) is 42.2 Å². The van der Waals surface area contributed by atoms with Gasteiger partial charge in [-0.1, -0.05) is 18.2 Å². The lowest BCUT2D eigenvalue weighted by molar-refractivity contribution is -0.140. The van der Waals surface area contributed by atoms with E-state index in [2.05, 4.69) is 22.2 Å². The zero-order chi connectivity index (χ0) is 13.7. The van der Waals surface area contributed by atoms with E-state index >= 15 is 0 Å². The summed E-state index contributed by atoms with van der Waals surface area (Å²) in [6.45, 7) is 0. The Labute approximate surface area is 116 Å². The van der Waals surface area contributed by atoms with Crippen LogP contribution in [-0.2, 0) is 9.59 Å². The molecule has 2 heterocycles. The van der Waals surface area contributed by atoms with Crippen molar-refractivity contribution in [3.63, 3.8) is 0 Å². The second-order valence-corrected chi connectivity index (χ2v) is 5.49. The first-order valence-corrected chi connectivity index (χ1v) is 6.77. The van der Waals surface area contributed by atoms with E-state index in [1.165, 1.54) is 6.21 Å². The largest absolute Gasteiger partial charge is 0.272 e. The van der Waals surface area contributed by atoms with E-state index in [0.29, 0.717) is 5.69 Å². The average Bonchev–Trinajstić information content (AvgIpc) is 3.13. The van der Waals surface area contributed by atoms with Crippen LogP contribution in [0.2, 0.25) is 0 Å². The molecule has 0 spiro atoms. The molecule has 0 aromatic carbocycles. The Kier molecular flexibility index (Phi) is 2.36. The number of imide groups is 1. The number of rotatable bonds is 2. The van der Waals surface area contributed by atoms with Crippen LogP contribution in [0.1, 0.15) is 12.1 Å². The third-order valence-corrected chi connectivity index (χ3v) is 4.44. The summed E-state index contributed by atoms with van der Waals surface area (Å²) in [7, 11) is 0. The summed E-state index contributed by atoms with van der Waals surface area (Å²) in [5, 5.41) is 5.09. The summed E-state index contributed by atoms with van der Waals surface area (Å²) in [4.78, 5) is 28.8. The fraction of sp³-hybridized carbons (Fsp3) is 0.333. The number of carbonyl (C=O) groups excluding carboxylic acids is 2. The number of hydrogen-bond acceptors (Lipinski definition) is 4. The van der Waals surface area contributed by atoms with Crippen molar-refractivity contribution in [1.29, 1.82) is 0 Å². The van der Waals surface area contributed by atoms with Gasteiger partial charge < -0.3 is 0 Å². The Morgan fingerprint density at radius 3 is 2.45 bits per heavy atom. The number of amides is 2. The Morgan fingerprint density at radius 1 is 1.15 bits per heavy atom. The van der Waals surface area contributed by atoms with Gasteiger partial charge in [0.05, 0.1) is 23.7 Å². The first-order chi connectivity index (χ1) is 9.75. The van der Waals surface area contributed by atoms with Crippen molar-refractivity contribution >= 4 is 18.0 Å². The van der Waals surface area contributed by atoms with E-state index in [1.54, 1.807) is 18.3 Å². The van der Waals surface area contributed by atoms with Gasteiger partial charge in [0, 0.05) is 6.20 Å². The Hall–Kier alpha value is -2.30. The summed E-state index contributed by atoms with van der Waals surface area (Å²) < 4.78 is 0. The first kappa shape index (κ1) is 11.5. The molecular weight excluding hydrogens is 254 g/mol. The molecule has 1 saturated heterocycles. The highest BCUT2D eigenvalue weighted by Crippen LogP contribution is 2.52. The molecule has 4 rings (SSSR count). The van der Waals surface area contributed by atoms with Crippen LogP contribution in [0, 0.1) is 23.7 Å². The number of allylic oxidation sites excluding steroid dienone is 2. The molecule has 2 bridgehead atoms. The monoisotopic (exact) mass is 267 g/mol. The average molecular weight is 267 g/mol. The number of aromatic nitrogens is 1. The smallest absolute Gasteiger partial charge is 0.254 e. The van der Waals surface area contributed by atoms with Crippen LogP contribution in [-0.4, -0.2) is 28.0 Å². The molecule has 4 atom stereocenters. The van der Waals surface area contributed by atoms with Gasteiger partial charge in [0.2, 0.25) is 0 Å². The second-order valence-electron chi connectivity index (χ2n) is 5.49. The molecule has 2 amide bonds. The molecule has 3 aliphatic rings. The van der Waals surface area contributed by atoms with Gasteiger partial charge in [-0.15, -0.1) is 0 Å². The molecule has 0 unspecified atom stereocenters. The number of nitrogens with zero attached hydrogens (tertiary/aromatic N) is 3. The summed E-state index contributed by atoms with van der Waals surface area (Å²) in [5.41, 5.74) is 0.631. The molecule has 100 valence electrons. The molecule has 20 heavy (non-hydrogen) atoms. The number of hydrazone groups is 1. The maximum Gasteiger partial charge on any atom is 0.254 e. The lowest BCUT2D eigenvalue weighted by atomic mass is 9.85. The molecule has 5 nitrogen and oxygen atoms in total. The number of pyridine rings is 1. The molecule has 2 fully saturated rings. The van der Waals surface area contributed by atoms with Gasteiger partial charge in [0.1, 0.15) is 0 Å². The van der Waals surface area contributed by atoms with Crippen molar-refractivity contribution in [2.24, 2.45) is 28.8 Å². The standard InChI is InChI=1S/C15H13N3O2/c19-14-12-9-4-5-10(7-9)13(12)15(20)18(14)17-8-11-3-1-2-6-16-11/h1-6,8-10,12-13H,7H2/t9-,10-,12-,13+/m0/s1. The first-order valence-electron chi connectivity index (χ1n) is 6.77. The van der Waals surface area contributed by atoms with Crippen LogP contribution in [0.3, 0.4) is 0 Å². The van der Waals surface area contributed by atoms with Crippen LogP contribution in [0.15, 0.2) is 41.6 Å². The fourth-order valence-corrected chi connectivity index (χ4v) is 3.57. The Balaban J connectivity index is 1.61. The third kappa shape index (κ3) is 1.49. The molecule has 5 heteroatoms. The van der Waals surface area contributed by atoms with Crippen molar-refractivity contribution in [3.8, 4) is 0 Å². The highest BCUT2D eigenvalue weighted by atomic mass is 16.2. The highest BCUT2D eigenvalue weighted by Gasteiger charge is 2.59. The highest BCUT2D eigenvalue weighted by molar-refractivity contribution is 6.06. The van der Waals surface area contributed by atoms with E-state index in [4.69, 9.17) is 0 Å². The molecule has 1 aliphatic heterocycles. The predicted octanol–water partition coefficient (Wildman–Crippen LogP) is 1.22. The molecule has 1 aromatic rings. The fourth-order valence-electron chi connectivity index (χ4n) is 3.57. The van der Waals surface area contributed by atoms with E-state index in [9.17, 15) is 9.59 Å². The molecule has 1 saturated carbocycles. The van der Waals surface area contributed by atoms with Crippen LogP contribution >= 0.6 is 0 Å². The van der Waals surface area contributed by atoms with Crippen LogP contribution in [0.25, 0.3) is 0 Å². The Morgan fingerprint density at radius 2 is 1.85 bits per heavy atom. The zero-order valence-corrected chi connectivity index (χ0v) is 10.7. The third-order valence-electron chi connectivity index (χ3n) is 4.44. The lowest BCUT2D eigenvalue weighted by Gasteiger charge is -2.13. The van der Waals surface area contributed by atoms with E-state index in [1.807, 2.05) is 6.07 Å². The summed E-state index contributed by atoms with van der Waals surface area (Å²) in [6.07, 6.45) is 8.19. The summed E-state index contributed by atoms with van der Waals surface area (Å²) >= 11 is 0. The van der Waals surface area contributed by atoms with Crippen LogP contribution < -0.4 is 0 Å². The predicted molar refractivity (Wildman–Crippen MR) is 71.4 cm³/mol. The Bertz CT molecular complexity index is 608. The minimum absolute atomic E-state index is 0.163. The lowest BCUT2D eigenvalue weighted by Crippen LogP contribution is -2.28. The van der Waals surface area contributed by atoms with Gasteiger partial charge in [-0.05, 0) is 30.4 Å². The normalized spacial score (nSPS) is 34.5. The van der Waals surface area contributed by atoms with E-state index in [0.717, 1.165) is 11.4 Å². The van der Waals surface area contributed by atoms with Gasteiger partial charge >= 0.3 is 0 Å². The van der Waals surface area contributed by atoms with Gasteiger partial charge in [-0.2, -0.15) is 10.1 Å². The SMILES string of the molecule is O=C1[C@@H]2[C@H](C(=O)N1N=Cc1ccccn1)[C@H]1C=C[C@H]2C1. The molecule has 0 radical (unpaired) electrons. The van der Waals surface area contributed by atoms with Gasteiger partial charge in [-0.3, -0.25) is 14.6 Å². The quantitative estimate of drug-likeness (QED) is 0.460. The maximum atomic E-state index is 12.3. The molecule has 2 aliphatic carbocycles. The van der Waals surface area contributed by atoms with Gasteiger partial charge in [-0.25, -0.2) is 0 Å². The van der Waals surface area contributed by atoms with Crippen LogP contribution in [0.4, 0.5) is 0 Å². The topological polar surface area (TPSA) is 62.6 Å². The maximum absolute atomic E-state index is 12.3. The molecule has 0 N–H and O–H groups in total. The van der Waals surface area contributed by atoms with Gasteiger partial charge in [0.25, 0.3) is 11.8 Å². The summed E-state index contributed by atoms with van der Waals surface area (Å²) in [5.74, 6) is -0.280. The molecule has 1 aromatic heterocycles. The zero-order valence-electron chi connectivity index (χ0n) is 10.7. The summed E-state index contributed by atoms with van der Waals surface area (Å²) in [6, 6.07) is 5.42. The van der Waals surface area contributed by atoms with Crippen molar-refractivity contribution in [1.82, 2.24) is 9.99 Å². The van der Waals surface area contributed by atoms with E-state index < -0.39 is 0 Å². The van der Waals surface area contributed by atoms with Crippen molar-refractivity contribution in [2.45, 2.75) is 6.42 Å². The van der Waals surface area contributed by atoms with Crippen molar-refractivity contribution < 1.29 is 9.59 Å². The second kappa shape index (κ2) is 4.10. The van der Waals surface area contributed by atoms with E-state index in [-0.39, 0.29) is 35.5 Å². The van der Waals surface area contributed by atoms with Crippen LogP contribution in [0.5, 0.6) is 0 Å². The molecular formula is C15H13N3O2. The van der Waals surface area contributed by atoms with Crippen molar-refractivity contribution in [2.75, 3.05) is 0 Å². The number of carbonyl (C=O) groups is 2. The minimum atomic E-state index is -0.196.